The van der Waals surface area contributed by atoms with Gasteiger partial charge in [0.25, 0.3) is 5.91 Å². The van der Waals surface area contributed by atoms with Gasteiger partial charge in [-0.1, -0.05) is 0 Å². The summed E-state index contributed by atoms with van der Waals surface area (Å²) < 4.78 is 0. The van der Waals surface area contributed by atoms with Crippen molar-refractivity contribution in [2.45, 2.75) is 44.9 Å². The molecule has 3 N–H and O–H groups in total. The maximum Gasteiger partial charge on any atom is 0.303 e. The SMILES string of the molecule is O=C(O)CCCCNC(=O)c1n[nH]c2c1CCCC2. The number of rotatable bonds is 6. The molecule has 0 fully saturated rings. The largest absolute Gasteiger partial charge is 0.481 e. The number of carboxylic acids is 1. The van der Waals surface area contributed by atoms with Crippen molar-refractivity contribution in [3.8, 4) is 0 Å². The summed E-state index contributed by atoms with van der Waals surface area (Å²) >= 11 is 0. The normalized spacial score (nSPS) is 13.9. The maximum atomic E-state index is 12.0. The Balaban J connectivity index is 1.80. The van der Waals surface area contributed by atoms with Crippen LogP contribution in [-0.2, 0) is 17.6 Å². The molecule has 104 valence electrons. The second-order valence-electron chi connectivity index (χ2n) is 4.84. The van der Waals surface area contributed by atoms with Crippen LogP contribution < -0.4 is 5.32 Å². The van der Waals surface area contributed by atoms with E-state index in [1.54, 1.807) is 0 Å². The first kappa shape index (κ1) is 13.6. The van der Waals surface area contributed by atoms with Crippen molar-refractivity contribution in [1.29, 1.82) is 0 Å². The Morgan fingerprint density at radius 2 is 2.05 bits per heavy atom. The Labute approximate surface area is 111 Å². The zero-order valence-corrected chi connectivity index (χ0v) is 10.9. The second-order valence-corrected chi connectivity index (χ2v) is 4.84. The zero-order valence-electron chi connectivity index (χ0n) is 10.9. The van der Waals surface area contributed by atoms with Crippen molar-refractivity contribution >= 4 is 11.9 Å². The van der Waals surface area contributed by atoms with Crippen LogP contribution in [0.3, 0.4) is 0 Å². The Hall–Kier alpha value is -1.85. The molecule has 0 unspecified atom stereocenters. The average molecular weight is 265 g/mol. The summed E-state index contributed by atoms with van der Waals surface area (Å²) in [5.74, 6) is -0.956. The predicted molar refractivity (Wildman–Crippen MR) is 69.0 cm³/mol. The lowest BCUT2D eigenvalue weighted by Gasteiger charge is -2.11. The summed E-state index contributed by atoms with van der Waals surface area (Å²) in [7, 11) is 0. The van der Waals surface area contributed by atoms with Gasteiger partial charge >= 0.3 is 5.97 Å². The van der Waals surface area contributed by atoms with Crippen molar-refractivity contribution in [2.75, 3.05) is 6.54 Å². The van der Waals surface area contributed by atoms with Gasteiger partial charge in [-0.15, -0.1) is 0 Å². The van der Waals surface area contributed by atoms with Crippen LogP contribution in [0.1, 0.15) is 53.8 Å². The molecule has 0 saturated carbocycles. The average Bonchev–Trinajstić information content (AvgIpc) is 2.81. The van der Waals surface area contributed by atoms with Gasteiger partial charge in [0.15, 0.2) is 5.69 Å². The van der Waals surface area contributed by atoms with E-state index >= 15 is 0 Å². The molecule has 1 aromatic heterocycles. The van der Waals surface area contributed by atoms with Gasteiger partial charge in [-0.2, -0.15) is 5.10 Å². The molecule has 0 radical (unpaired) electrons. The first-order valence-electron chi connectivity index (χ1n) is 6.74. The van der Waals surface area contributed by atoms with Crippen LogP contribution in [0.2, 0.25) is 0 Å². The second kappa shape index (κ2) is 6.36. The third-order valence-electron chi connectivity index (χ3n) is 3.37. The Bertz CT molecular complexity index is 468. The molecule has 1 aromatic rings. The molecular formula is C13H19N3O3. The van der Waals surface area contributed by atoms with Gasteiger partial charge in [0.1, 0.15) is 0 Å². The van der Waals surface area contributed by atoms with E-state index in [2.05, 4.69) is 15.5 Å². The Kier molecular flexibility index (Phi) is 4.54. The summed E-state index contributed by atoms with van der Waals surface area (Å²) in [6.07, 6.45) is 5.52. The topological polar surface area (TPSA) is 95.1 Å². The molecule has 1 aliphatic carbocycles. The molecule has 0 atom stereocenters. The maximum absolute atomic E-state index is 12.0. The number of hydrogen-bond donors (Lipinski definition) is 3. The molecule has 6 nitrogen and oxygen atoms in total. The van der Waals surface area contributed by atoms with Crippen LogP contribution in [0.5, 0.6) is 0 Å². The quantitative estimate of drug-likeness (QED) is 0.675. The van der Waals surface area contributed by atoms with Crippen LogP contribution in [0, 0.1) is 0 Å². The third-order valence-corrected chi connectivity index (χ3v) is 3.37. The number of amides is 1. The number of nitrogens with zero attached hydrogens (tertiary/aromatic N) is 1. The highest BCUT2D eigenvalue weighted by Gasteiger charge is 2.21. The molecule has 0 aromatic carbocycles. The van der Waals surface area contributed by atoms with Crippen molar-refractivity contribution < 1.29 is 14.7 Å². The highest BCUT2D eigenvalue weighted by atomic mass is 16.4. The van der Waals surface area contributed by atoms with Crippen LogP contribution in [0.4, 0.5) is 0 Å². The number of H-pyrrole nitrogens is 1. The van der Waals surface area contributed by atoms with Gasteiger partial charge in [-0.05, 0) is 38.5 Å². The van der Waals surface area contributed by atoms with Gasteiger partial charge in [-0.3, -0.25) is 14.7 Å². The Morgan fingerprint density at radius 3 is 2.84 bits per heavy atom. The van der Waals surface area contributed by atoms with E-state index in [9.17, 15) is 9.59 Å². The molecular weight excluding hydrogens is 246 g/mol. The number of carbonyl (C=O) groups excluding carboxylic acids is 1. The van der Waals surface area contributed by atoms with E-state index < -0.39 is 5.97 Å². The standard InChI is InChI=1S/C13H19N3O3/c17-11(18)7-3-4-8-14-13(19)12-9-5-1-2-6-10(9)15-16-12/h1-8H2,(H,14,19)(H,15,16)(H,17,18). The number of aryl methyl sites for hydroxylation is 1. The van der Waals surface area contributed by atoms with Gasteiger partial charge in [0.2, 0.25) is 0 Å². The van der Waals surface area contributed by atoms with Gasteiger partial charge in [0, 0.05) is 24.2 Å². The van der Waals surface area contributed by atoms with E-state index in [1.165, 1.54) is 0 Å². The molecule has 1 amide bonds. The van der Waals surface area contributed by atoms with Crippen molar-refractivity contribution in [2.24, 2.45) is 0 Å². The van der Waals surface area contributed by atoms with E-state index in [0.717, 1.165) is 36.9 Å². The highest BCUT2D eigenvalue weighted by molar-refractivity contribution is 5.94. The van der Waals surface area contributed by atoms with Gasteiger partial charge in [0.05, 0.1) is 0 Å². The first-order valence-corrected chi connectivity index (χ1v) is 6.74. The number of carbonyl (C=O) groups is 2. The number of aromatic amines is 1. The fraction of sp³-hybridized carbons (Fsp3) is 0.615. The fourth-order valence-corrected chi connectivity index (χ4v) is 2.36. The lowest BCUT2D eigenvalue weighted by atomic mass is 9.96. The van der Waals surface area contributed by atoms with Crippen LogP contribution >= 0.6 is 0 Å². The van der Waals surface area contributed by atoms with Gasteiger partial charge in [-0.25, -0.2) is 0 Å². The molecule has 1 aliphatic rings. The van der Waals surface area contributed by atoms with Crippen LogP contribution in [0.15, 0.2) is 0 Å². The van der Waals surface area contributed by atoms with E-state index in [4.69, 9.17) is 5.11 Å². The summed E-state index contributed by atoms with van der Waals surface area (Å²) in [5, 5.41) is 18.3. The minimum atomic E-state index is -0.798. The molecule has 0 saturated heterocycles. The van der Waals surface area contributed by atoms with E-state index in [0.29, 0.717) is 25.1 Å². The minimum Gasteiger partial charge on any atom is -0.481 e. The lowest BCUT2D eigenvalue weighted by molar-refractivity contribution is -0.137. The third kappa shape index (κ3) is 3.56. The number of carboxylic acid groups (broad SMARTS) is 1. The summed E-state index contributed by atoms with van der Waals surface area (Å²) in [5.41, 5.74) is 2.64. The van der Waals surface area contributed by atoms with Crippen molar-refractivity contribution in [3.63, 3.8) is 0 Å². The lowest BCUT2D eigenvalue weighted by Crippen LogP contribution is -2.26. The zero-order chi connectivity index (χ0) is 13.7. The van der Waals surface area contributed by atoms with Crippen molar-refractivity contribution in [1.82, 2.24) is 15.5 Å². The summed E-state index contributed by atoms with van der Waals surface area (Å²) in [6.45, 7) is 0.494. The highest BCUT2D eigenvalue weighted by Crippen LogP contribution is 2.21. The number of aliphatic carboxylic acids is 1. The van der Waals surface area contributed by atoms with Gasteiger partial charge < -0.3 is 10.4 Å². The number of unbranched alkanes of at least 4 members (excludes halogenated alkanes) is 1. The number of nitrogens with one attached hydrogen (secondary N) is 2. The molecule has 0 bridgehead atoms. The predicted octanol–water partition coefficient (Wildman–Crippen LogP) is 1.27. The summed E-state index contributed by atoms with van der Waals surface area (Å²) in [4.78, 5) is 22.3. The summed E-state index contributed by atoms with van der Waals surface area (Å²) in [6, 6.07) is 0. The smallest absolute Gasteiger partial charge is 0.303 e. The molecule has 2 rings (SSSR count). The number of fused-ring (bicyclic) bond motifs is 1. The molecule has 0 spiro atoms. The Morgan fingerprint density at radius 1 is 1.26 bits per heavy atom. The van der Waals surface area contributed by atoms with E-state index in [1.807, 2.05) is 0 Å². The molecule has 1 heterocycles. The van der Waals surface area contributed by atoms with Crippen molar-refractivity contribution in [3.05, 3.63) is 17.0 Å². The monoisotopic (exact) mass is 265 g/mol. The molecule has 6 heteroatoms. The molecule has 19 heavy (non-hydrogen) atoms. The number of hydrogen-bond acceptors (Lipinski definition) is 3. The fourth-order valence-electron chi connectivity index (χ4n) is 2.36. The number of aromatic nitrogens is 2. The first-order chi connectivity index (χ1) is 9.18. The minimum absolute atomic E-state index is 0.147. The van der Waals surface area contributed by atoms with Crippen LogP contribution in [0.25, 0.3) is 0 Å². The van der Waals surface area contributed by atoms with E-state index in [-0.39, 0.29) is 12.3 Å². The van der Waals surface area contributed by atoms with Crippen LogP contribution in [-0.4, -0.2) is 33.7 Å². The molecule has 0 aliphatic heterocycles.